The van der Waals surface area contributed by atoms with E-state index in [0.29, 0.717) is 13.2 Å². The standard InChI is InChI=1S/C13H19F2NO4/c1-2-19-12-5-9(6-16-10(7-17)8-18)3-4-11(12)20-13(14)15/h3-5,10,13,16-18H,2,6-8H2,1H3. The number of ether oxygens (including phenoxy) is 2. The highest BCUT2D eigenvalue weighted by atomic mass is 19.3. The van der Waals surface area contributed by atoms with Gasteiger partial charge in [0.05, 0.1) is 25.9 Å². The van der Waals surface area contributed by atoms with Crippen molar-refractivity contribution in [3.8, 4) is 11.5 Å². The van der Waals surface area contributed by atoms with E-state index < -0.39 is 12.7 Å². The number of nitrogens with one attached hydrogen (secondary N) is 1. The smallest absolute Gasteiger partial charge is 0.387 e. The zero-order valence-electron chi connectivity index (χ0n) is 11.2. The summed E-state index contributed by atoms with van der Waals surface area (Å²) in [6, 6.07) is 4.17. The minimum Gasteiger partial charge on any atom is -0.490 e. The molecule has 1 aromatic carbocycles. The fourth-order valence-electron chi connectivity index (χ4n) is 1.57. The van der Waals surface area contributed by atoms with E-state index in [2.05, 4.69) is 10.1 Å². The van der Waals surface area contributed by atoms with Crippen molar-refractivity contribution in [3.63, 3.8) is 0 Å². The maximum absolute atomic E-state index is 12.2. The van der Waals surface area contributed by atoms with E-state index in [1.807, 2.05) is 0 Å². The number of aliphatic hydroxyl groups excluding tert-OH is 2. The second kappa shape index (κ2) is 8.68. The molecule has 1 rings (SSSR count). The molecule has 114 valence electrons. The molecule has 20 heavy (non-hydrogen) atoms. The Kier molecular flexibility index (Phi) is 7.21. The molecule has 7 heteroatoms. The van der Waals surface area contributed by atoms with Crippen LogP contribution in [0.25, 0.3) is 0 Å². The first-order valence-corrected chi connectivity index (χ1v) is 6.26. The summed E-state index contributed by atoms with van der Waals surface area (Å²) >= 11 is 0. The summed E-state index contributed by atoms with van der Waals surface area (Å²) in [6.45, 7) is -0.869. The van der Waals surface area contributed by atoms with Gasteiger partial charge >= 0.3 is 6.61 Å². The van der Waals surface area contributed by atoms with Crippen LogP contribution in [0, 0.1) is 0 Å². The van der Waals surface area contributed by atoms with Crippen LogP contribution in [0.1, 0.15) is 12.5 Å². The van der Waals surface area contributed by atoms with Crippen molar-refractivity contribution in [1.29, 1.82) is 0 Å². The molecule has 0 radical (unpaired) electrons. The van der Waals surface area contributed by atoms with Crippen LogP contribution in [0.5, 0.6) is 11.5 Å². The molecule has 0 amide bonds. The Hall–Kier alpha value is -1.44. The predicted molar refractivity (Wildman–Crippen MR) is 69.0 cm³/mol. The Bertz CT molecular complexity index is 400. The van der Waals surface area contributed by atoms with Crippen LogP contribution >= 0.6 is 0 Å². The Balaban J connectivity index is 2.75. The summed E-state index contributed by atoms with van der Waals surface area (Å²) in [5, 5.41) is 20.8. The monoisotopic (exact) mass is 291 g/mol. The van der Waals surface area contributed by atoms with E-state index in [-0.39, 0.29) is 24.7 Å². The van der Waals surface area contributed by atoms with Crippen LogP contribution in [0.4, 0.5) is 8.78 Å². The van der Waals surface area contributed by atoms with Gasteiger partial charge in [-0.2, -0.15) is 8.78 Å². The van der Waals surface area contributed by atoms with Crippen LogP contribution in [0.3, 0.4) is 0 Å². The van der Waals surface area contributed by atoms with Gasteiger partial charge in [-0.25, -0.2) is 0 Å². The lowest BCUT2D eigenvalue weighted by molar-refractivity contribution is -0.0514. The molecule has 0 spiro atoms. The van der Waals surface area contributed by atoms with Gasteiger partial charge in [-0.05, 0) is 24.6 Å². The topological polar surface area (TPSA) is 71.0 Å². The molecular weight excluding hydrogens is 272 g/mol. The summed E-state index contributed by atoms with van der Waals surface area (Å²) in [7, 11) is 0. The normalized spacial score (nSPS) is 11.2. The van der Waals surface area contributed by atoms with Crippen LogP contribution < -0.4 is 14.8 Å². The lowest BCUT2D eigenvalue weighted by Gasteiger charge is -2.15. The number of hydrogen-bond acceptors (Lipinski definition) is 5. The molecule has 0 fully saturated rings. The van der Waals surface area contributed by atoms with Crippen LogP contribution in [0.2, 0.25) is 0 Å². The maximum atomic E-state index is 12.2. The Labute approximate surface area is 116 Å². The molecule has 0 aliphatic rings. The summed E-state index contributed by atoms with van der Waals surface area (Å²) in [4.78, 5) is 0. The molecule has 0 aliphatic carbocycles. The summed E-state index contributed by atoms with van der Waals surface area (Å²) in [5.74, 6) is 0.211. The largest absolute Gasteiger partial charge is 0.490 e. The van der Waals surface area contributed by atoms with E-state index in [0.717, 1.165) is 5.56 Å². The summed E-state index contributed by atoms with van der Waals surface area (Å²) in [6.07, 6.45) is 0. The van der Waals surface area contributed by atoms with E-state index in [1.165, 1.54) is 6.07 Å². The third-order valence-corrected chi connectivity index (χ3v) is 2.56. The van der Waals surface area contributed by atoms with Crippen molar-refractivity contribution >= 4 is 0 Å². The molecule has 0 aliphatic heterocycles. The molecule has 3 N–H and O–H groups in total. The molecule has 0 bridgehead atoms. The zero-order valence-corrected chi connectivity index (χ0v) is 11.2. The van der Waals surface area contributed by atoms with Gasteiger partial charge in [-0.15, -0.1) is 0 Å². The predicted octanol–water partition coefficient (Wildman–Crippen LogP) is 1.13. The summed E-state index contributed by atoms with van der Waals surface area (Å²) in [5.41, 5.74) is 0.766. The molecule has 5 nitrogen and oxygen atoms in total. The second-order valence-electron chi connectivity index (χ2n) is 4.04. The third kappa shape index (κ3) is 5.28. The van der Waals surface area contributed by atoms with Crippen molar-refractivity contribution in [2.24, 2.45) is 0 Å². The third-order valence-electron chi connectivity index (χ3n) is 2.56. The van der Waals surface area contributed by atoms with Crippen molar-refractivity contribution in [1.82, 2.24) is 5.32 Å². The molecular formula is C13H19F2NO4. The zero-order chi connectivity index (χ0) is 15.0. The molecule has 0 saturated heterocycles. The molecule has 0 unspecified atom stereocenters. The van der Waals surface area contributed by atoms with E-state index in [4.69, 9.17) is 14.9 Å². The van der Waals surface area contributed by atoms with Crippen molar-refractivity contribution in [2.45, 2.75) is 26.1 Å². The SMILES string of the molecule is CCOc1cc(CNC(CO)CO)ccc1OC(F)F. The number of hydrogen-bond donors (Lipinski definition) is 3. The van der Waals surface area contributed by atoms with E-state index in [9.17, 15) is 8.78 Å². The van der Waals surface area contributed by atoms with Crippen molar-refractivity contribution in [2.75, 3.05) is 19.8 Å². The van der Waals surface area contributed by atoms with Gasteiger partial charge in [-0.1, -0.05) is 6.07 Å². The first-order chi connectivity index (χ1) is 9.60. The number of aliphatic hydroxyl groups is 2. The Morgan fingerprint density at radius 2 is 1.90 bits per heavy atom. The lowest BCUT2D eigenvalue weighted by atomic mass is 10.2. The van der Waals surface area contributed by atoms with E-state index in [1.54, 1.807) is 19.1 Å². The molecule has 0 atom stereocenters. The molecule has 0 heterocycles. The second-order valence-corrected chi connectivity index (χ2v) is 4.04. The fourth-order valence-corrected chi connectivity index (χ4v) is 1.57. The minimum absolute atomic E-state index is 0.0218. The summed E-state index contributed by atoms with van der Waals surface area (Å²) < 4.78 is 34.1. The first kappa shape index (κ1) is 16.6. The van der Waals surface area contributed by atoms with Crippen LogP contribution in [-0.2, 0) is 6.54 Å². The first-order valence-electron chi connectivity index (χ1n) is 6.26. The molecule has 1 aromatic rings. The maximum Gasteiger partial charge on any atom is 0.387 e. The van der Waals surface area contributed by atoms with Crippen LogP contribution in [-0.4, -0.2) is 42.7 Å². The Morgan fingerprint density at radius 1 is 1.20 bits per heavy atom. The van der Waals surface area contributed by atoms with Gasteiger partial charge in [0, 0.05) is 6.54 Å². The fraction of sp³-hybridized carbons (Fsp3) is 0.538. The van der Waals surface area contributed by atoms with Crippen LogP contribution in [0.15, 0.2) is 18.2 Å². The lowest BCUT2D eigenvalue weighted by Crippen LogP contribution is -2.35. The molecule has 0 saturated carbocycles. The number of halogens is 2. The number of alkyl halides is 2. The van der Waals surface area contributed by atoms with Gasteiger partial charge in [0.1, 0.15) is 0 Å². The Morgan fingerprint density at radius 3 is 2.45 bits per heavy atom. The number of rotatable bonds is 9. The van der Waals surface area contributed by atoms with Gasteiger partial charge in [0.15, 0.2) is 11.5 Å². The van der Waals surface area contributed by atoms with Gasteiger partial charge in [-0.3, -0.25) is 0 Å². The quantitative estimate of drug-likeness (QED) is 0.636. The van der Waals surface area contributed by atoms with Gasteiger partial charge in [0.2, 0.25) is 0 Å². The highest BCUT2D eigenvalue weighted by molar-refractivity contribution is 5.43. The van der Waals surface area contributed by atoms with Crippen molar-refractivity contribution in [3.05, 3.63) is 23.8 Å². The van der Waals surface area contributed by atoms with Gasteiger partial charge in [0.25, 0.3) is 0 Å². The molecule has 0 aromatic heterocycles. The number of benzene rings is 1. The van der Waals surface area contributed by atoms with Crippen molar-refractivity contribution < 1.29 is 28.5 Å². The average molecular weight is 291 g/mol. The van der Waals surface area contributed by atoms with Gasteiger partial charge < -0.3 is 25.0 Å². The average Bonchev–Trinajstić information content (AvgIpc) is 2.42. The highest BCUT2D eigenvalue weighted by Gasteiger charge is 2.12. The minimum atomic E-state index is -2.91. The van der Waals surface area contributed by atoms with E-state index >= 15 is 0 Å². The highest BCUT2D eigenvalue weighted by Crippen LogP contribution is 2.29.